The molecule has 1 nitrogen and oxygen atoms in total. The van der Waals surface area contributed by atoms with Crippen molar-refractivity contribution in [3.05, 3.63) is 35.4 Å². The highest BCUT2D eigenvalue weighted by Gasteiger charge is 2.20. The molecule has 2 unspecified atom stereocenters. The maximum absolute atomic E-state index is 3.52. The van der Waals surface area contributed by atoms with Crippen molar-refractivity contribution in [2.45, 2.75) is 39.5 Å². The minimum Gasteiger partial charge on any atom is -0.316 e. The highest BCUT2D eigenvalue weighted by molar-refractivity contribution is 5.22. The van der Waals surface area contributed by atoms with E-state index in [2.05, 4.69) is 43.4 Å². The lowest BCUT2D eigenvalue weighted by Crippen LogP contribution is -2.35. The fourth-order valence-electron chi connectivity index (χ4n) is 2.73. The Morgan fingerprint density at radius 2 is 1.88 bits per heavy atom. The van der Waals surface area contributed by atoms with Gasteiger partial charge in [0.05, 0.1) is 0 Å². The molecule has 0 bridgehead atoms. The summed E-state index contributed by atoms with van der Waals surface area (Å²) in [6.45, 7) is 7.05. The third-order valence-corrected chi connectivity index (χ3v) is 4.22. The quantitative estimate of drug-likeness (QED) is 0.837. The van der Waals surface area contributed by atoms with E-state index < -0.39 is 0 Å². The number of piperidine rings is 1. The van der Waals surface area contributed by atoms with Gasteiger partial charge in [-0.05, 0) is 61.7 Å². The molecule has 1 N–H and O–H groups in total. The van der Waals surface area contributed by atoms with Crippen LogP contribution < -0.4 is 5.32 Å². The third kappa shape index (κ3) is 3.57. The molecule has 0 saturated carbocycles. The van der Waals surface area contributed by atoms with Crippen molar-refractivity contribution < 1.29 is 0 Å². The van der Waals surface area contributed by atoms with Gasteiger partial charge in [-0.1, -0.05) is 38.1 Å². The molecular weight excluding hydrogens is 206 g/mol. The molecule has 1 saturated heterocycles. The van der Waals surface area contributed by atoms with Gasteiger partial charge in [-0.2, -0.15) is 0 Å². The van der Waals surface area contributed by atoms with Gasteiger partial charge < -0.3 is 5.32 Å². The third-order valence-electron chi connectivity index (χ3n) is 4.22. The standard InChI is InChI=1S/C16H25N/c1-3-14-4-6-15(7-5-14)8-9-16-12-17-11-10-13(16)2/h4-7,13,16-17H,3,8-12H2,1-2H3. The molecule has 1 aromatic rings. The number of hydrogen-bond acceptors (Lipinski definition) is 1. The van der Waals surface area contributed by atoms with E-state index in [9.17, 15) is 0 Å². The van der Waals surface area contributed by atoms with E-state index in [4.69, 9.17) is 0 Å². The molecule has 2 rings (SSSR count). The van der Waals surface area contributed by atoms with Crippen LogP contribution in [-0.4, -0.2) is 13.1 Å². The molecule has 1 aliphatic rings. The van der Waals surface area contributed by atoms with E-state index in [0.717, 1.165) is 18.3 Å². The van der Waals surface area contributed by atoms with Gasteiger partial charge in [0.25, 0.3) is 0 Å². The number of benzene rings is 1. The van der Waals surface area contributed by atoms with E-state index in [1.54, 1.807) is 0 Å². The lowest BCUT2D eigenvalue weighted by Gasteiger charge is -2.29. The normalized spacial score (nSPS) is 24.8. The van der Waals surface area contributed by atoms with Crippen molar-refractivity contribution in [1.29, 1.82) is 0 Å². The molecule has 0 amide bonds. The second-order valence-electron chi connectivity index (χ2n) is 5.44. The largest absolute Gasteiger partial charge is 0.316 e. The molecule has 2 atom stereocenters. The molecule has 0 aliphatic carbocycles. The van der Waals surface area contributed by atoms with E-state index in [0.29, 0.717) is 0 Å². The van der Waals surface area contributed by atoms with Crippen molar-refractivity contribution in [3.8, 4) is 0 Å². The molecule has 1 heterocycles. The van der Waals surface area contributed by atoms with Crippen LogP contribution in [0.25, 0.3) is 0 Å². The number of hydrogen-bond donors (Lipinski definition) is 1. The number of nitrogens with one attached hydrogen (secondary N) is 1. The van der Waals surface area contributed by atoms with Crippen molar-refractivity contribution >= 4 is 0 Å². The molecule has 94 valence electrons. The molecule has 1 fully saturated rings. The zero-order valence-corrected chi connectivity index (χ0v) is 11.2. The molecular formula is C16H25N. The summed E-state index contributed by atoms with van der Waals surface area (Å²) in [6, 6.07) is 9.16. The first kappa shape index (κ1) is 12.6. The van der Waals surface area contributed by atoms with Crippen LogP contribution >= 0.6 is 0 Å². The maximum atomic E-state index is 3.52. The average Bonchev–Trinajstić information content (AvgIpc) is 2.38. The molecule has 0 radical (unpaired) electrons. The van der Waals surface area contributed by atoms with E-state index in [1.807, 2.05) is 0 Å². The molecule has 0 spiro atoms. The van der Waals surface area contributed by atoms with Gasteiger partial charge in [-0.25, -0.2) is 0 Å². The summed E-state index contributed by atoms with van der Waals surface area (Å²) >= 11 is 0. The highest BCUT2D eigenvalue weighted by atomic mass is 14.9. The van der Waals surface area contributed by atoms with Gasteiger partial charge in [0, 0.05) is 0 Å². The zero-order chi connectivity index (χ0) is 12.1. The predicted octanol–water partition coefficient (Wildman–Crippen LogP) is 3.43. The lowest BCUT2D eigenvalue weighted by atomic mass is 9.84. The Morgan fingerprint density at radius 1 is 1.18 bits per heavy atom. The van der Waals surface area contributed by atoms with Gasteiger partial charge in [0.15, 0.2) is 0 Å². The first-order chi connectivity index (χ1) is 8.29. The van der Waals surface area contributed by atoms with Crippen LogP contribution in [0.4, 0.5) is 0 Å². The maximum Gasteiger partial charge on any atom is -0.00178 e. The molecule has 1 aliphatic heterocycles. The van der Waals surface area contributed by atoms with Crippen LogP contribution in [0.5, 0.6) is 0 Å². The number of aryl methyl sites for hydroxylation is 2. The topological polar surface area (TPSA) is 12.0 Å². The Bertz CT molecular complexity index is 328. The van der Waals surface area contributed by atoms with Crippen molar-refractivity contribution in [2.24, 2.45) is 11.8 Å². The minimum absolute atomic E-state index is 0.870. The van der Waals surface area contributed by atoms with Crippen molar-refractivity contribution in [2.75, 3.05) is 13.1 Å². The second kappa shape index (κ2) is 6.20. The summed E-state index contributed by atoms with van der Waals surface area (Å²) in [4.78, 5) is 0. The van der Waals surface area contributed by atoms with Crippen LogP contribution in [0, 0.1) is 11.8 Å². The Kier molecular flexibility index (Phi) is 4.61. The fraction of sp³-hybridized carbons (Fsp3) is 0.625. The Balaban J connectivity index is 1.84. The van der Waals surface area contributed by atoms with Gasteiger partial charge in [0.1, 0.15) is 0 Å². The molecule has 1 aromatic carbocycles. The van der Waals surface area contributed by atoms with Gasteiger partial charge in [-0.3, -0.25) is 0 Å². The first-order valence-electron chi connectivity index (χ1n) is 7.08. The van der Waals surface area contributed by atoms with Crippen LogP contribution in [0.3, 0.4) is 0 Å². The van der Waals surface area contributed by atoms with Gasteiger partial charge in [0.2, 0.25) is 0 Å². The smallest absolute Gasteiger partial charge is 0.00178 e. The summed E-state index contributed by atoms with van der Waals surface area (Å²) in [5.74, 6) is 1.76. The number of rotatable bonds is 4. The fourth-order valence-corrected chi connectivity index (χ4v) is 2.73. The van der Waals surface area contributed by atoms with Crippen LogP contribution in [-0.2, 0) is 12.8 Å². The summed E-state index contributed by atoms with van der Waals surface area (Å²) in [5, 5.41) is 3.52. The van der Waals surface area contributed by atoms with Crippen LogP contribution in [0.2, 0.25) is 0 Å². The highest BCUT2D eigenvalue weighted by Crippen LogP contribution is 2.23. The van der Waals surface area contributed by atoms with Crippen molar-refractivity contribution in [1.82, 2.24) is 5.32 Å². The second-order valence-corrected chi connectivity index (χ2v) is 5.44. The lowest BCUT2D eigenvalue weighted by molar-refractivity contribution is 0.260. The minimum atomic E-state index is 0.870. The molecule has 1 heteroatoms. The Hall–Kier alpha value is -0.820. The predicted molar refractivity (Wildman–Crippen MR) is 74.3 cm³/mol. The summed E-state index contributed by atoms with van der Waals surface area (Å²) in [5.41, 5.74) is 2.95. The monoisotopic (exact) mass is 231 g/mol. The van der Waals surface area contributed by atoms with E-state index >= 15 is 0 Å². The summed E-state index contributed by atoms with van der Waals surface area (Å²) < 4.78 is 0. The van der Waals surface area contributed by atoms with E-state index in [1.165, 1.54) is 43.5 Å². The molecule has 17 heavy (non-hydrogen) atoms. The Labute approximate surface area is 106 Å². The van der Waals surface area contributed by atoms with Crippen LogP contribution in [0.15, 0.2) is 24.3 Å². The summed E-state index contributed by atoms with van der Waals surface area (Å²) in [6.07, 6.45) is 5.06. The Morgan fingerprint density at radius 3 is 2.53 bits per heavy atom. The van der Waals surface area contributed by atoms with E-state index in [-0.39, 0.29) is 0 Å². The van der Waals surface area contributed by atoms with Crippen LogP contribution in [0.1, 0.15) is 37.8 Å². The zero-order valence-electron chi connectivity index (χ0n) is 11.2. The van der Waals surface area contributed by atoms with Gasteiger partial charge >= 0.3 is 0 Å². The average molecular weight is 231 g/mol. The first-order valence-corrected chi connectivity index (χ1v) is 7.08. The SMILES string of the molecule is CCc1ccc(CCC2CNCCC2C)cc1. The van der Waals surface area contributed by atoms with Gasteiger partial charge in [-0.15, -0.1) is 0 Å². The van der Waals surface area contributed by atoms with Crippen molar-refractivity contribution in [3.63, 3.8) is 0 Å². The molecule has 0 aromatic heterocycles. The summed E-state index contributed by atoms with van der Waals surface area (Å²) in [7, 11) is 0.